The molecule has 1 amide bonds. The van der Waals surface area contributed by atoms with Gasteiger partial charge in [-0.3, -0.25) is 4.79 Å². The van der Waals surface area contributed by atoms with E-state index < -0.39 is 0 Å². The third kappa shape index (κ3) is 4.33. The summed E-state index contributed by atoms with van der Waals surface area (Å²) < 4.78 is 6.89. The second-order valence-electron chi connectivity index (χ2n) is 4.37. The number of nitriles is 1. The van der Waals surface area contributed by atoms with Crippen molar-refractivity contribution in [3.8, 4) is 6.07 Å². The summed E-state index contributed by atoms with van der Waals surface area (Å²) in [5.74, 6) is 0.823. The lowest BCUT2D eigenvalue weighted by Gasteiger charge is -2.20. The van der Waals surface area contributed by atoms with Gasteiger partial charge in [-0.15, -0.1) is 5.10 Å². The fourth-order valence-corrected chi connectivity index (χ4v) is 2.63. The minimum Gasteiger partial charge on any atom is -0.467 e. The Kier molecular flexibility index (Phi) is 5.97. The van der Waals surface area contributed by atoms with Crippen LogP contribution in [0.15, 0.2) is 28.0 Å². The Labute approximate surface area is 132 Å². The Morgan fingerprint density at radius 2 is 2.45 bits per heavy atom. The topological polar surface area (TPSA) is 101 Å². The minimum atomic E-state index is -0.0812. The number of tetrazole rings is 1. The summed E-state index contributed by atoms with van der Waals surface area (Å²) in [6, 6.07) is 5.63. The number of rotatable bonds is 8. The fourth-order valence-electron chi connectivity index (χ4n) is 1.78. The molecule has 2 aromatic rings. The Morgan fingerprint density at radius 1 is 1.59 bits per heavy atom. The highest BCUT2D eigenvalue weighted by molar-refractivity contribution is 7.99. The number of carbonyl (C=O) groups is 1. The van der Waals surface area contributed by atoms with Crippen LogP contribution in [0, 0.1) is 11.3 Å². The van der Waals surface area contributed by atoms with E-state index in [1.807, 2.05) is 6.92 Å². The number of nitrogens with zero attached hydrogens (tertiary/aromatic N) is 6. The summed E-state index contributed by atoms with van der Waals surface area (Å²) in [5.41, 5.74) is 0. The molecule has 0 unspecified atom stereocenters. The van der Waals surface area contributed by atoms with Gasteiger partial charge in [0.25, 0.3) is 0 Å². The number of hydrogen-bond acceptors (Lipinski definition) is 7. The van der Waals surface area contributed by atoms with Crippen molar-refractivity contribution in [1.82, 2.24) is 25.1 Å². The van der Waals surface area contributed by atoms with Crippen LogP contribution >= 0.6 is 11.8 Å². The number of hydrogen-bond donors (Lipinski definition) is 0. The van der Waals surface area contributed by atoms with E-state index in [2.05, 4.69) is 21.6 Å². The first-order valence-electron chi connectivity index (χ1n) is 6.80. The van der Waals surface area contributed by atoms with Crippen molar-refractivity contribution in [3.05, 3.63) is 24.2 Å². The zero-order chi connectivity index (χ0) is 15.8. The van der Waals surface area contributed by atoms with E-state index in [0.29, 0.717) is 30.6 Å². The van der Waals surface area contributed by atoms with Crippen LogP contribution in [-0.4, -0.2) is 43.3 Å². The second-order valence-corrected chi connectivity index (χ2v) is 5.31. The van der Waals surface area contributed by atoms with Gasteiger partial charge in [-0.25, -0.2) is 4.68 Å². The van der Waals surface area contributed by atoms with Crippen molar-refractivity contribution < 1.29 is 9.21 Å². The van der Waals surface area contributed by atoms with Crippen LogP contribution in [0.1, 0.15) is 19.1 Å². The van der Waals surface area contributed by atoms with E-state index in [9.17, 15) is 4.79 Å². The van der Waals surface area contributed by atoms with E-state index >= 15 is 0 Å². The molecular weight excluding hydrogens is 304 g/mol. The molecule has 0 N–H and O–H groups in total. The van der Waals surface area contributed by atoms with Gasteiger partial charge in [0, 0.05) is 13.1 Å². The summed E-state index contributed by atoms with van der Waals surface area (Å²) in [6.07, 6.45) is 1.84. The lowest BCUT2D eigenvalue weighted by atomic mass is 10.3. The zero-order valence-electron chi connectivity index (χ0n) is 12.2. The molecule has 0 atom stereocenters. The van der Waals surface area contributed by atoms with Crippen LogP contribution in [0.25, 0.3) is 0 Å². The molecule has 0 bridgehead atoms. The standard InChI is InChI=1S/C13H16N6O2S/c1-2-19-13(15-16-17-19)22-10-12(20)18(7-4-6-14)9-11-5-3-8-21-11/h3,5,8H,2,4,7,9-10H2,1H3. The predicted molar refractivity (Wildman–Crippen MR) is 78.6 cm³/mol. The lowest BCUT2D eigenvalue weighted by molar-refractivity contribution is -0.129. The molecule has 0 aromatic carbocycles. The van der Waals surface area contributed by atoms with Gasteiger partial charge >= 0.3 is 0 Å². The highest BCUT2D eigenvalue weighted by Gasteiger charge is 2.17. The fraction of sp³-hybridized carbons (Fsp3) is 0.462. The monoisotopic (exact) mass is 320 g/mol. The van der Waals surface area contributed by atoms with Crippen molar-refractivity contribution in [2.45, 2.75) is 31.6 Å². The van der Waals surface area contributed by atoms with E-state index in [-0.39, 0.29) is 18.1 Å². The number of thioether (sulfide) groups is 1. The molecule has 116 valence electrons. The van der Waals surface area contributed by atoms with Crippen molar-refractivity contribution >= 4 is 17.7 Å². The number of carbonyl (C=O) groups excluding carboxylic acids is 1. The van der Waals surface area contributed by atoms with Crippen LogP contribution in [0.2, 0.25) is 0 Å². The second kappa shape index (κ2) is 8.19. The van der Waals surface area contributed by atoms with Crippen molar-refractivity contribution in [2.24, 2.45) is 0 Å². The highest BCUT2D eigenvalue weighted by Crippen LogP contribution is 2.15. The Bertz CT molecular complexity index is 633. The predicted octanol–water partition coefficient (Wildman–Crippen LogP) is 1.32. The quantitative estimate of drug-likeness (QED) is 0.676. The first-order chi connectivity index (χ1) is 10.7. The molecule has 0 aliphatic rings. The van der Waals surface area contributed by atoms with Crippen LogP contribution in [0.3, 0.4) is 0 Å². The molecule has 0 radical (unpaired) electrons. The Hall–Kier alpha value is -2.34. The number of aryl methyl sites for hydroxylation is 1. The molecule has 0 aliphatic heterocycles. The van der Waals surface area contributed by atoms with Gasteiger partial charge in [0.1, 0.15) is 5.76 Å². The van der Waals surface area contributed by atoms with Gasteiger partial charge < -0.3 is 9.32 Å². The van der Waals surface area contributed by atoms with E-state index in [1.165, 1.54) is 11.8 Å². The van der Waals surface area contributed by atoms with Gasteiger partial charge in [-0.05, 0) is 29.5 Å². The molecule has 0 saturated carbocycles. The molecule has 2 aromatic heterocycles. The molecule has 8 nitrogen and oxygen atoms in total. The number of furan rings is 1. The molecule has 9 heteroatoms. The first-order valence-corrected chi connectivity index (χ1v) is 7.79. The SMILES string of the molecule is CCn1nnnc1SCC(=O)N(CCC#N)Cc1ccco1. The minimum absolute atomic E-state index is 0.0812. The summed E-state index contributed by atoms with van der Waals surface area (Å²) in [6.45, 7) is 3.30. The smallest absolute Gasteiger partial charge is 0.233 e. The normalized spacial score (nSPS) is 10.4. The first kappa shape index (κ1) is 16.0. The maximum absolute atomic E-state index is 12.3. The molecule has 2 rings (SSSR count). The molecule has 0 saturated heterocycles. The van der Waals surface area contributed by atoms with Crippen molar-refractivity contribution in [2.75, 3.05) is 12.3 Å². The molecule has 0 aliphatic carbocycles. The third-order valence-corrected chi connectivity index (χ3v) is 3.84. The van der Waals surface area contributed by atoms with Gasteiger partial charge in [0.05, 0.1) is 31.1 Å². The summed E-state index contributed by atoms with van der Waals surface area (Å²) in [5, 5.41) is 20.6. The van der Waals surface area contributed by atoms with Crippen LogP contribution in [-0.2, 0) is 17.9 Å². The average Bonchev–Trinajstić information content (AvgIpc) is 3.19. The lowest BCUT2D eigenvalue weighted by Crippen LogP contribution is -2.32. The van der Waals surface area contributed by atoms with E-state index in [1.54, 1.807) is 28.0 Å². The van der Waals surface area contributed by atoms with E-state index in [4.69, 9.17) is 9.68 Å². The van der Waals surface area contributed by atoms with Crippen LogP contribution in [0.5, 0.6) is 0 Å². The van der Waals surface area contributed by atoms with Crippen LogP contribution in [0.4, 0.5) is 0 Å². The molecule has 0 spiro atoms. The van der Waals surface area contributed by atoms with Gasteiger partial charge in [0.2, 0.25) is 11.1 Å². The molecule has 0 fully saturated rings. The number of aromatic nitrogens is 4. The van der Waals surface area contributed by atoms with Gasteiger partial charge in [-0.1, -0.05) is 11.8 Å². The maximum atomic E-state index is 12.3. The number of amides is 1. The maximum Gasteiger partial charge on any atom is 0.233 e. The largest absolute Gasteiger partial charge is 0.467 e. The highest BCUT2D eigenvalue weighted by atomic mass is 32.2. The van der Waals surface area contributed by atoms with Crippen LogP contribution < -0.4 is 0 Å². The third-order valence-electron chi connectivity index (χ3n) is 2.90. The summed E-state index contributed by atoms with van der Waals surface area (Å²) in [4.78, 5) is 14.0. The summed E-state index contributed by atoms with van der Waals surface area (Å²) >= 11 is 1.28. The van der Waals surface area contributed by atoms with Crippen molar-refractivity contribution in [1.29, 1.82) is 5.26 Å². The molecular formula is C13H16N6O2S. The van der Waals surface area contributed by atoms with E-state index in [0.717, 1.165) is 0 Å². The Morgan fingerprint density at radius 3 is 3.14 bits per heavy atom. The molecule has 22 heavy (non-hydrogen) atoms. The van der Waals surface area contributed by atoms with Gasteiger partial charge in [-0.2, -0.15) is 5.26 Å². The average molecular weight is 320 g/mol. The van der Waals surface area contributed by atoms with Crippen molar-refractivity contribution in [3.63, 3.8) is 0 Å². The zero-order valence-corrected chi connectivity index (χ0v) is 13.0. The Balaban J connectivity index is 1.94. The summed E-state index contributed by atoms with van der Waals surface area (Å²) in [7, 11) is 0. The molecule has 2 heterocycles. The van der Waals surface area contributed by atoms with Gasteiger partial charge in [0.15, 0.2) is 0 Å².